The number of allylic oxidation sites excluding steroid dienone is 1. The molecule has 0 unspecified atom stereocenters. The minimum atomic E-state index is -0.127. The molecular formula is C24H34F2. The van der Waals surface area contributed by atoms with E-state index in [4.69, 9.17) is 0 Å². The van der Waals surface area contributed by atoms with E-state index < -0.39 is 0 Å². The van der Waals surface area contributed by atoms with Crippen LogP contribution in [-0.4, -0.2) is 0 Å². The normalized spacial score (nSPS) is 29.9. The van der Waals surface area contributed by atoms with Gasteiger partial charge in [0, 0.05) is 0 Å². The number of halogens is 2. The van der Waals surface area contributed by atoms with Gasteiger partial charge in [0.25, 0.3) is 0 Å². The molecule has 0 aromatic heterocycles. The van der Waals surface area contributed by atoms with Crippen molar-refractivity contribution < 1.29 is 8.78 Å². The van der Waals surface area contributed by atoms with E-state index in [1.165, 1.54) is 69.8 Å². The lowest BCUT2D eigenvalue weighted by Crippen LogP contribution is -2.25. The highest BCUT2D eigenvalue weighted by atomic mass is 19.1. The fourth-order valence-electron chi connectivity index (χ4n) is 5.37. The number of hydrogen-bond acceptors (Lipinski definition) is 0. The second-order valence-corrected chi connectivity index (χ2v) is 8.59. The van der Waals surface area contributed by atoms with Gasteiger partial charge in [-0.3, -0.25) is 0 Å². The highest BCUT2D eigenvalue weighted by Gasteiger charge is 2.31. The second-order valence-electron chi connectivity index (χ2n) is 8.59. The van der Waals surface area contributed by atoms with Crippen molar-refractivity contribution in [2.75, 3.05) is 0 Å². The zero-order chi connectivity index (χ0) is 18.2. The van der Waals surface area contributed by atoms with E-state index in [0.29, 0.717) is 12.2 Å². The Morgan fingerprint density at radius 3 is 2.04 bits per heavy atom. The van der Waals surface area contributed by atoms with Crippen molar-refractivity contribution in [3.63, 3.8) is 0 Å². The number of benzene rings is 1. The van der Waals surface area contributed by atoms with E-state index in [0.717, 1.165) is 30.6 Å². The van der Waals surface area contributed by atoms with Crippen LogP contribution in [0.3, 0.4) is 0 Å². The largest absolute Gasteiger partial charge is 0.216 e. The van der Waals surface area contributed by atoms with Gasteiger partial charge >= 0.3 is 0 Å². The topological polar surface area (TPSA) is 0 Å². The Hall–Kier alpha value is -1.18. The minimum Gasteiger partial charge on any atom is -0.216 e. The Morgan fingerprint density at radius 1 is 0.808 bits per heavy atom. The summed E-state index contributed by atoms with van der Waals surface area (Å²) in [4.78, 5) is 0. The summed E-state index contributed by atoms with van der Waals surface area (Å²) in [5.74, 6) is 3.29. The average molecular weight is 361 g/mol. The summed E-state index contributed by atoms with van der Waals surface area (Å²) >= 11 is 0. The van der Waals surface area contributed by atoms with Crippen LogP contribution in [0.25, 0.3) is 0 Å². The van der Waals surface area contributed by atoms with E-state index in [2.05, 4.69) is 0 Å². The van der Waals surface area contributed by atoms with Crippen molar-refractivity contribution in [3.8, 4) is 0 Å². The third-order valence-corrected chi connectivity index (χ3v) is 6.99. The van der Waals surface area contributed by atoms with Gasteiger partial charge < -0.3 is 0 Å². The molecule has 2 saturated carbocycles. The summed E-state index contributed by atoms with van der Waals surface area (Å²) in [7, 11) is 0. The van der Waals surface area contributed by atoms with Crippen molar-refractivity contribution in [1.29, 1.82) is 0 Å². The maximum atomic E-state index is 13.1. The van der Waals surface area contributed by atoms with Crippen molar-refractivity contribution in [2.24, 2.45) is 17.8 Å². The molecule has 144 valence electrons. The zero-order valence-electron chi connectivity index (χ0n) is 16.0. The molecule has 0 nitrogen and oxygen atoms in total. The fourth-order valence-corrected chi connectivity index (χ4v) is 5.37. The molecule has 0 bridgehead atoms. The predicted octanol–water partition coefficient (Wildman–Crippen LogP) is 7.95. The summed E-state index contributed by atoms with van der Waals surface area (Å²) in [6, 6.07) is 7.18. The highest BCUT2D eigenvalue weighted by molar-refractivity contribution is 5.20. The van der Waals surface area contributed by atoms with Gasteiger partial charge in [0.15, 0.2) is 0 Å². The molecule has 0 aliphatic heterocycles. The van der Waals surface area contributed by atoms with Crippen LogP contribution in [0, 0.1) is 23.6 Å². The molecule has 0 N–H and O–H groups in total. The van der Waals surface area contributed by atoms with Gasteiger partial charge in [-0.1, -0.05) is 43.9 Å². The van der Waals surface area contributed by atoms with Crippen LogP contribution in [0.2, 0.25) is 0 Å². The second kappa shape index (κ2) is 10.2. The molecule has 1 aromatic carbocycles. The quantitative estimate of drug-likeness (QED) is 0.433. The standard InChI is InChI=1S/C24H34F2/c25-18-4-2-1-3-5-19-6-8-20(9-7-19)21-10-12-22(13-11-21)23-14-16-24(26)17-15-23/h4,14-22H,1-3,5-13H2/b18-4+/t19-,20-,21?,22?. The first kappa shape index (κ1) is 19.6. The van der Waals surface area contributed by atoms with E-state index in [1.54, 1.807) is 18.2 Å². The SMILES string of the molecule is F/C=C/CCCC[C@H]1CC[C@H](C2CCC(c3ccc(F)cc3)CC2)CC1. The van der Waals surface area contributed by atoms with Gasteiger partial charge in [-0.25, -0.2) is 8.78 Å². The Labute approximate surface area is 158 Å². The summed E-state index contributed by atoms with van der Waals surface area (Å²) in [5.41, 5.74) is 1.33. The van der Waals surface area contributed by atoms with Crippen LogP contribution in [0.15, 0.2) is 36.7 Å². The van der Waals surface area contributed by atoms with Crippen LogP contribution in [-0.2, 0) is 0 Å². The molecule has 2 aliphatic carbocycles. The molecule has 0 atom stereocenters. The fraction of sp³-hybridized carbons (Fsp3) is 0.667. The first-order valence-corrected chi connectivity index (χ1v) is 10.8. The van der Waals surface area contributed by atoms with Gasteiger partial charge in [-0.05, 0) is 92.7 Å². The molecular weight excluding hydrogens is 326 g/mol. The van der Waals surface area contributed by atoms with Gasteiger partial charge in [0.1, 0.15) is 5.82 Å². The van der Waals surface area contributed by atoms with Crippen LogP contribution in [0.4, 0.5) is 8.78 Å². The molecule has 2 heteroatoms. The Morgan fingerprint density at radius 2 is 1.42 bits per heavy atom. The van der Waals surface area contributed by atoms with Crippen molar-refractivity contribution in [3.05, 3.63) is 48.1 Å². The molecule has 0 heterocycles. The number of hydrogen-bond donors (Lipinski definition) is 0. The van der Waals surface area contributed by atoms with Crippen LogP contribution in [0.5, 0.6) is 0 Å². The summed E-state index contributed by atoms with van der Waals surface area (Å²) < 4.78 is 25.0. The lowest BCUT2D eigenvalue weighted by atomic mass is 9.68. The first-order chi connectivity index (χ1) is 12.8. The van der Waals surface area contributed by atoms with E-state index in [9.17, 15) is 8.78 Å². The minimum absolute atomic E-state index is 0.127. The summed E-state index contributed by atoms with van der Waals surface area (Å²) in [5, 5.41) is 0. The van der Waals surface area contributed by atoms with Gasteiger partial charge in [-0.2, -0.15) is 0 Å². The van der Waals surface area contributed by atoms with Gasteiger partial charge in [0.05, 0.1) is 6.33 Å². The molecule has 0 saturated heterocycles. The third-order valence-electron chi connectivity index (χ3n) is 6.99. The van der Waals surface area contributed by atoms with Gasteiger partial charge in [-0.15, -0.1) is 0 Å². The van der Waals surface area contributed by atoms with Crippen LogP contribution >= 0.6 is 0 Å². The molecule has 26 heavy (non-hydrogen) atoms. The first-order valence-electron chi connectivity index (χ1n) is 10.8. The molecule has 0 spiro atoms. The molecule has 1 aromatic rings. The average Bonchev–Trinajstić information content (AvgIpc) is 2.69. The van der Waals surface area contributed by atoms with Crippen molar-refractivity contribution in [2.45, 2.75) is 83.0 Å². The molecule has 2 fully saturated rings. The lowest BCUT2D eigenvalue weighted by molar-refractivity contribution is 0.155. The Balaban J connectivity index is 1.35. The van der Waals surface area contributed by atoms with E-state index in [1.807, 2.05) is 12.1 Å². The van der Waals surface area contributed by atoms with E-state index in [-0.39, 0.29) is 5.82 Å². The molecule has 2 aliphatic rings. The molecule has 3 rings (SSSR count). The maximum Gasteiger partial charge on any atom is 0.123 e. The smallest absolute Gasteiger partial charge is 0.123 e. The summed E-state index contributed by atoms with van der Waals surface area (Å²) in [6.07, 6.45) is 17.8. The van der Waals surface area contributed by atoms with Crippen molar-refractivity contribution >= 4 is 0 Å². The monoisotopic (exact) mass is 360 g/mol. The predicted molar refractivity (Wildman–Crippen MR) is 105 cm³/mol. The molecule has 0 amide bonds. The highest BCUT2D eigenvalue weighted by Crippen LogP contribution is 2.44. The van der Waals surface area contributed by atoms with Crippen LogP contribution < -0.4 is 0 Å². The Kier molecular flexibility index (Phi) is 7.70. The molecule has 0 radical (unpaired) electrons. The Bertz CT molecular complexity index is 532. The van der Waals surface area contributed by atoms with Crippen molar-refractivity contribution in [1.82, 2.24) is 0 Å². The lowest BCUT2D eigenvalue weighted by Gasteiger charge is -2.38. The van der Waals surface area contributed by atoms with Gasteiger partial charge in [0.2, 0.25) is 0 Å². The number of unbranched alkanes of at least 4 members (excludes halogenated alkanes) is 2. The maximum absolute atomic E-state index is 13.1. The number of rotatable bonds is 7. The third kappa shape index (κ3) is 5.66. The van der Waals surface area contributed by atoms with Crippen LogP contribution in [0.1, 0.15) is 88.5 Å². The van der Waals surface area contributed by atoms with E-state index >= 15 is 0 Å². The zero-order valence-corrected chi connectivity index (χ0v) is 16.0. The summed E-state index contributed by atoms with van der Waals surface area (Å²) in [6.45, 7) is 0.